The van der Waals surface area contributed by atoms with Crippen LogP contribution >= 0.6 is 11.6 Å². The normalized spacial score (nSPS) is 15.9. The number of halogens is 2. The molecule has 0 unspecified atom stereocenters. The maximum Gasteiger partial charge on any atom is 0.321 e. The number of amides is 3. The summed E-state index contributed by atoms with van der Waals surface area (Å²) in [6.07, 6.45) is 3.70. The Balaban J connectivity index is 1.46. The summed E-state index contributed by atoms with van der Waals surface area (Å²) in [5.41, 5.74) is 2.65. The van der Waals surface area contributed by atoms with E-state index in [1.807, 2.05) is 24.3 Å². The number of piperidine rings is 1. The van der Waals surface area contributed by atoms with Crippen LogP contribution in [0.2, 0.25) is 10.0 Å². The maximum absolute atomic E-state index is 13.1. The molecule has 1 aromatic heterocycles. The van der Waals surface area contributed by atoms with Gasteiger partial charge in [0.15, 0.2) is 17.4 Å². The minimum absolute atomic E-state index is 0.157. The van der Waals surface area contributed by atoms with Gasteiger partial charge >= 0.3 is 6.03 Å². The Morgan fingerprint density at radius 1 is 1.17 bits per heavy atom. The summed E-state index contributed by atoms with van der Waals surface area (Å²) in [7, 11) is -3.44. The number of anilines is 3. The molecule has 188 valence electrons. The highest BCUT2D eigenvalue weighted by Gasteiger charge is 2.31. The van der Waals surface area contributed by atoms with Crippen molar-refractivity contribution >= 4 is 50.8 Å². The standard InChI is InChI=1S/C24H23Cl2N5O4S/c1-36(34,35)30-20-6-3-2-5-18(20)15-8-10-17(11-9-15)31-12-4-7-21(23(31)32)28-24(33)29-22-19(26)13-16(25)14-27-22/h2-3,5-6,8-11,13-14,21,25,30H,4,7,12H2,1H3,(H-,27,28,29,33)/p+1/t21-/m1/s1. The van der Waals surface area contributed by atoms with Crippen molar-refractivity contribution in [2.24, 2.45) is 0 Å². The van der Waals surface area contributed by atoms with E-state index < -0.39 is 22.1 Å². The van der Waals surface area contributed by atoms with Crippen molar-refractivity contribution in [3.05, 3.63) is 70.8 Å². The molecule has 1 atom stereocenters. The molecule has 0 radical (unpaired) electrons. The molecule has 0 bridgehead atoms. The van der Waals surface area contributed by atoms with Gasteiger partial charge in [-0.15, -0.1) is 0 Å². The van der Waals surface area contributed by atoms with Gasteiger partial charge in [0.25, 0.3) is 0 Å². The van der Waals surface area contributed by atoms with Crippen LogP contribution in [0.1, 0.15) is 12.8 Å². The SMILES string of the molecule is CS(=O)(=O)Nc1ccccc1-c1ccc(N2CCC[C@@H](NC(=O)Nc3ncc([ClH+])cc3Cl)C2=O)cc1. The van der Waals surface area contributed by atoms with Crippen molar-refractivity contribution in [1.29, 1.82) is 0 Å². The highest BCUT2D eigenvalue weighted by atomic mass is 35.5. The van der Waals surface area contributed by atoms with E-state index in [0.29, 0.717) is 41.3 Å². The third kappa shape index (κ3) is 6.26. The minimum Gasteiger partial charge on any atom is -0.326 e. The van der Waals surface area contributed by atoms with E-state index in [2.05, 4.69) is 20.3 Å². The number of nitrogens with one attached hydrogen (secondary N) is 3. The fraction of sp³-hybridized carbons (Fsp3) is 0.208. The number of carbonyl (C=O) groups excluding carboxylic acids is 2. The zero-order valence-corrected chi connectivity index (χ0v) is 21.6. The molecule has 3 aromatic rings. The molecule has 9 nitrogen and oxygen atoms in total. The largest absolute Gasteiger partial charge is 0.326 e. The van der Waals surface area contributed by atoms with Crippen molar-refractivity contribution < 1.29 is 29.6 Å². The number of sulfonamides is 1. The molecule has 1 saturated heterocycles. The number of aromatic nitrogens is 1. The summed E-state index contributed by atoms with van der Waals surface area (Å²) < 4.78 is 26.0. The molecule has 1 aliphatic heterocycles. The van der Waals surface area contributed by atoms with E-state index in [1.165, 1.54) is 12.3 Å². The lowest BCUT2D eigenvalue weighted by molar-refractivity contribution is -0.289. The third-order valence-electron chi connectivity index (χ3n) is 5.50. The summed E-state index contributed by atoms with van der Waals surface area (Å²) in [4.78, 5) is 31.2. The minimum atomic E-state index is -3.44. The summed E-state index contributed by atoms with van der Waals surface area (Å²) in [6.45, 7) is 0.512. The number of nitrogens with zero attached hydrogens (tertiary/aromatic N) is 2. The van der Waals surface area contributed by atoms with Crippen LogP contribution in [0.3, 0.4) is 0 Å². The number of benzene rings is 2. The molecule has 0 saturated carbocycles. The molecule has 4 rings (SSSR count). The van der Waals surface area contributed by atoms with Crippen molar-refractivity contribution in [3.63, 3.8) is 0 Å². The number of hydrogen-bond acceptors (Lipinski definition) is 5. The highest BCUT2D eigenvalue weighted by molar-refractivity contribution is 7.92. The van der Waals surface area contributed by atoms with Crippen LogP contribution in [-0.4, -0.2) is 44.2 Å². The van der Waals surface area contributed by atoms with Crippen LogP contribution in [0.25, 0.3) is 11.1 Å². The number of urea groups is 1. The predicted octanol–water partition coefficient (Wildman–Crippen LogP) is 3.79. The summed E-state index contributed by atoms with van der Waals surface area (Å²) in [5.74, 6) is -0.0765. The second-order valence-corrected chi connectivity index (χ2v) is 10.9. The van der Waals surface area contributed by atoms with Gasteiger partial charge in [-0.25, -0.2) is 18.2 Å². The van der Waals surface area contributed by atoms with Crippen molar-refractivity contribution in [2.75, 3.05) is 27.7 Å². The average molecular weight is 549 g/mol. The van der Waals surface area contributed by atoms with E-state index in [-0.39, 0.29) is 16.7 Å². The first-order chi connectivity index (χ1) is 17.1. The van der Waals surface area contributed by atoms with E-state index in [1.54, 1.807) is 29.2 Å². The molecule has 0 spiro atoms. The van der Waals surface area contributed by atoms with Gasteiger partial charge in [-0.3, -0.25) is 14.8 Å². The van der Waals surface area contributed by atoms with E-state index >= 15 is 0 Å². The third-order valence-corrected chi connectivity index (χ3v) is 6.61. The van der Waals surface area contributed by atoms with Crippen molar-refractivity contribution in [1.82, 2.24) is 10.3 Å². The highest BCUT2D eigenvalue weighted by Crippen LogP contribution is 2.31. The number of hydrogen-bond donors (Lipinski definition) is 3. The van der Waals surface area contributed by atoms with Crippen LogP contribution in [0.5, 0.6) is 0 Å². The van der Waals surface area contributed by atoms with Crippen molar-refractivity contribution in [3.8, 4) is 11.1 Å². The van der Waals surface area contributed by atoms with Gasteiger partial charge in [0.05, 0.1) is 23.2 Å². The van der Waals surface area contributed by atoms with Gasteiger partial charge in [0.2, 0.25) is 21.0 Å². The van der Waals surface area contributed by atoms with Gasteiger partial charge in [0.1, 0.15) is 6.04 Å². The van der Waals surface area contributed by atoms with E-state index in [4.69, 9.17) is 23.2 Å². The molecule has 2 heterocycles. The molecule has 36 heavy (non-hydrogen) atoms. The summed E-state index contributed by atoms with van der Waals surface area (Å²) in [6, 6.07) is 14.5. The van der Waals surface area contributed by atoms with E-state index in [0.717, 1.165) is 11.8 Å². The van der Waals surface area contributed by atoms with Crippen LogP contribution in [-0.2, 0) is 14.8 Å². The molecule has 1 aliphatic rings. The lowest BCUT2D eigenvalue weighted by atomic mass is 10.0. The Bertz CT molecular complexity index is 1400. The average Bonchev–Trinajstić information content (AvgIpc) is 2.82. The molecule has 3 N–H and O–H groups in total. The monoisotopic (exact) mass is 548 g/mol. The van der Waals surface area contributed by atoms with Gasteiger partial charge in [-0.05, 0) is 36.6 Å². The summed E-state index contributed by atoms with van der Waals surface area (Å²) in [5, 5.41) is 5.90. The maximum atomic E-state index is 13.1. The first-order valence-electron chi connectivity index (χ1n) is 11.0. The Morgan fingerprint density at radius 2 is 1.89 bits per heavy atom. The number of pyridine rings is 1. The Hall–Kier alpha value is -3.34. The number of carbonyl (C=O) groups is 2. The fourth-order valence-electron chi connectivity index (χ4n) is 3.92. The molecule has 1 fully saturated rings. The Labute approximate surface area is 218 Å². The lowest BCUT2D eigenvalue weighted by Crippen LogP contribution is -2.53. The smallest absolute Gasteiger partial charge is 0.321 e. The van der Waals surface area contributed by atoms with Gasteiger partial charge in [0, 0.05) is 23.9 Å². The molecular weight excluding hydrogens is 525 g/mol. The first-order valence-corrected chi connectivity index (χ1v) is 13.7. The topological polar surface area (TPSA) is 120 Å². The van der Waals surface area contributed by atoms with E-state index in [9.17, 15) is 18.0 Å². The lowest BCUT2D eigenvalue weighted by Gasteiger charge is -2.32. The Kier molecular flexibility index (Phi) is 7.67. The molecule has 2 aromatic carbocycles. The number of para-hydroxylation sites is 1. The zero-order valence-electron chi connectivity index (χ0n) is 19.2. The van der Waals surface area contributed by atoms with Crippen LogP contribution in [0, 0.1) is 11.6 Å². The van der Waals surface area contributed by atoms with Gasteiger partial charge < -0.3 is 10.2 Å². The molecule has 0 aliphatic carbocycles. The van der Waals surface area contributed by atoms with Crippen LogP contribution in [0.4, 0.5) is 22.0 Å². The number of rotatable bonds is 6. The zero-order chi connectivity index (χ0) is 25.9. The molecule has 3 amide bonds. The molecular formula is C24H24Cl2N5O4S+. The predicted molar refractivity (Wildman–Crippen MR) is 138 cm³/mol. The quantitative estimate of drug-likeness (QED) is 0.432. The van der Waals surface area contributed by atoms with Gasteiger partial charge in [-0.1, -0.05) is 41.9 Å². The first kappa shape index (κ1) is 25.7. The molecule has 12 heteroatoms. The Morgan fingerprint density at radius 3 is 2.58 bits per heavy atom. The second kappa shape index (κ2) is 10.7. The van der Waals surface area contributed by atoms with Crippen LogP contribution in [0.15, 0.2) is 60.8 Å². The van der Waals surface area contributed by atoms with Crippen LogP contribution < -0.4 is 20.3 Å². The van der Waals surface area contributed by atoms with Gasteiger partial charge in [-0.2, -0.15) is 0 Å². The fourth-order valence-corrected chi connectivity index (χ4v) is 4.95. The summed E-state index contributed by atoms with van der Waals surface area (Å²) >= 11 is 11.1. The second-order valence-electron chi connectivity index (χ2n) is 8.25. The van der Waals surface area contributed by atoms with Crippen molar-refractivity contribution in [2.45, 2.75) is 18.9 Å².